The normalized spacial score (nSPS) is 28.9. The molecule has 3 heterocycles. The van der Waals surface area contributed by atoms with Gasteiger partial charge in [-0.15, -0.1) is 0 Å². The van der Waals surface area contributed by atoms with Crippen molar-refractivity contribution in [2.45, 2.75) is 44.6 Å². The highest BCUT2D eigenvalue weighted by atomic mass is 16.5. The van der Waals surface area contributed by atoms with Gasteiger partial charge in [0.2, 0.25) is 5.91 Å². The van der Waals surface area contributed by atoms with Crippen molar-refractivity contribution in [3.8, 4) is 0 Å². The van der Waals surface area contributed by atoms with Crippen LogP contribution in [0.5, 0.6) is 0 Å². The van der Waals surface area contributed by atoms with Crippen LogP contribution < -0.4 is 4.90 Å². The van der Waals surface area contributed by atoms with Gasteiger partial charge in [-0.1, -0.05) is 0 Å². The summed E-state index contributed by atoms with van der Waals surface area (Å²) in [5, 5.41) is 7.62. The predicted molar refractivity (Wildman–Crippen MR) is 87.5 cm³/mol. The topological polar surface area (TPSA) is 61.5 Å². The molecule has 1 aromatic rings. The lowest BCUT2D eigenvalue weighted by atomic mass is 9.93. The molecule has 1 aliphatic carbocycles. The number of nitrogens with one attached hydrogen (secondary N) is 1. The summed E-state index contributed by atoms with van der Waals surface area (Å²) in [5.41, 5.74) is 1.27. The third kappa shape index (κ3) is 3.09. The number of anilines is 1. The van der Waals surface area contributed by atoms with Crippen LogP contribution >= 0.6 is 0 Å². The van der Waals surface area contributed by atoms with Crippen LogP contribution in [-0.4, -0.2) is 59.9 Å². The minimum atomic E-state index is 0.0437. The zero-order chi connectivity index (χ0) is 15.8. The number of aromatic nitrogens is 2. The van der Waals surface area contributed by atoms with Crippen LogP contribution in [0.4, 0.5) is 5.82 Å². The summed E-state index contributed by atoms with van der Waals surface area (Å²) in [6.07, 6.45) is 4.58. The molecule has 6 nitrogen and oxygen atoms in total. The molecule has 2 aliphatic heterocycles. The molecule has 0 bridgehead atoms. The molecule has 1 amide bonds. The number of ether oxygens (including phenoxy) is 1. The molecule has 1 saturated carbocycles. The molecule has 2 saturated heterocycles. The number of amides is 1. The van der Waals surface area contributed by atoms with Crippen LogP contribution in [-0.2, 0) is 9.53 Å². The number of rotatable bonds is 3. The van der Waals surface area contributed by atoms with Gasteiger partial charge in [-0.05, 0) is 32.6 Å². The fourth-order valence-corrected chi connectivity index (χ4v) is 3.73. The summed E-state index contributed by atoms with van der Waals surface area (Å²) in [5.74, 6) is 2.06. The number of aromatic amines is 1. The van der Waals surface area contributed by atoms with Gasteiger partial charge < -0.3 is 14.5 Å². The maximum Gasteiger partial charge on any atom is 0.228 e. The summed E-state index contributed by atoms with van der Waals surface area (Å²) >= 11 is 0. The van der Waals surface area contributed by atoms with E-state index in [1.54, 1.807) is 0 Å². The largest absolute Gasteiger partial charge is 0.378 e. The van der Waals surface area contributed by atoms with Gasteiger partial charge >= 0.3 is 0 Å². The molecule has 1 aromatic heterocycles. The van der Waals surface area contributed by atoms with E-state index in [4.69, 9.17) is 4.74 Å². The zero-order valence-electron chi connectivity index (χ0n) is 13.8. The average Bonchev–Trinajstić information content (AvgIpc) is 3.32. The summed E-state index contributed by atoms with van der Waals surface area (Å²) in [6.45, 7) is 6.12. The van der Waals surface area contributed by atoms with Crippen molar-refractivity contribution < 1.29 is 9.53 Å². The number of carbonyl (C=O) groups excluding carboxylic acids is 1. The van der Waals surface area contributed by atoms with Crippen LogP contribution in [0.2, 0.25) is 0 Å². The van der Waals surface area contributed by atoms with Crippen LogP contribution in [0.3, 0.4) is 0 Å². The standard InChI is InChI=1S/C17H26N4O2/c1-12-14(3-2-10-23-12)17(22)21-8-6-20(7-9-21)16-11-15(18-19-16)13-4-5-13/h11-14H,2-10H2,1H3,(H,18,19)/t12-,14+/m1/s1. The van der Waals surface area contributed by atoms with Crippen LogP contribution in [0, 0.1) is 5.92 Å². The molecule has 0 unspecified atom stereocenters. The number of nitrogens with zero attached hydrogens (tertiary/aromatic N) is 3. The van der Waals surface area contributed by atoms with E-state index in [9.17, 15) is 4.79 Å². The Kier molecular flexibility index (Phi) is 4.01. The van der Waals surface area contributed by atoms with Gasteiger partial charge in [-0.25, -0.2) is 0 Å². The first-order valence-corrected chi connectivity index (χ1v) is 8.93. The Morgan fingerprint density at radius 2 is 2.04 bits per heavy atom. The smallest absolute Gasteiger partial charge is 0.228 e. The summed E-state index contributed by atoms with van der Waals surface area (Å²) < 4.78 is 5.65. The van der Waals surface area contributed by atoms with Gasteiger partial charge in [0.15, 0.2) is 5.82 Å². The molecule has 1 N–H and O–H groups in total. The quantitative estimate of drug-likeness (QED) is 0.922. The average molecular weight is 318 g/mol. The molecule has 0 aromatic carbocycles. The Balaban J connectivity index is 1.33. The molecule has 3 fully saturated rings. The number of carbonyl (C=O) groups is 1. The van der Waals surface area contributed by atoms with E-state index < -0.39 is 0 Å². The second-order valence-electron chi connectivity index (χ2n) is 7.09. The van der Waals surface area contributed by atoms with Crippen molar-refractivity contribution in [3.63, 3.8) is 0 Å². The molecule has 4 rings (SSSR count). The molecule has 6 heteroatoms. The second kappa shape index (κ2) is 6.15. The molecule has 0 spiro atoms. The fourth-order valence-electron chi connectivity index (χ4n) is 3.73. The van der Waals surface area contributed by atoms with Crippen LogP contribution in [0.15, 0.2) is 6.07 Å². The lowest BCUT2D eigenvalue weighted by Crippen LogP contribution is -2.52. The second-order valence-corrected chi connectivity index (χ2v) is 7.09. The molecular formula is C17H26N4O2. The van der Waals surface area contributed by atoms with E-state index in [0.29, 0.717) is 5.92 Å². The van der Waals surface area contributed by atoms with E-state index in [2.05, 4.69) is 21.2 Å². The lowest BCUT2D eigenvalue weighted by molar-refractivity contribution is -0.144. The monoisotopic (exact) mass is 318 g/mol. The number of piperazine rings is 1. The molecule has 2 atom stereocenters. The predicted octanol–water partition coefficient (Wildman–Crippen LogP) is 1.75. The minimum Gasteiger partial charge on any atom is -0.378 e. The van der Waals surface area contributed by atoms with Gasteiger partial charge in [0.25, 0.3) is 0 Å². The third-order valence-electron chi connectivity index (χ3n) is 5.44. The lowest BCUT2D eigenvalue weighted by Gasteiger charge is -2.38. The number of hydrogen-bond donors (Lipinski definition) is 1. The third-order valence-corrected chi connectivity index (χ3v) is 5.44. The highest BCUT2D eigenvalue weighted by Crippen LogP contribution is 2.39. The SMILES string of the molecule is C[C@H]1OCCC[C@@H]1C(=O)N1CCN(c2cc(C3CC3)[nH]n2)CC1. The summed E-state index contributed by atoms with van der Waals surface area (Å²) in [7, 11) is 0. The van der Waals surface area contributed by atoms with Crippen molar-refractivity contribution in [3.05, 3.63) is 11.8 Å². The van der Waals surface area contributed by atoms with Gasteiger partial charge in [-0.2, -0.15) is 5.10 Å². The van der Waals surface area contributed by atoms with E-state index in [1.165, 1.54) is 18.5 Å². The number of H-pyrrole nitrogens is 1. The van der Waals surface area contributed by atoms with Gasteiger partial charge in [0.1, 0.15) is 0 Å². The number of hydrogen-bond acceptors (Lipinski definition) is 4. The molecular weight excluding hydrogens is 292 g/mol. The first kappa shape index (κ1) is 15.0. The molecule has 23 heavy (non-hydrogen) atoms. The first-order valence-electron chi connectivity index (χ1n) is 8.93. The van der Waals surface area contributed by atoms with Gasteiger partial charge in [0.05, 0.1) is 12.0 Å². The Labute approximate surface area is 137 Å². The summed E-state index contributed by atoms with van der Waals surface area (Å²) in [4.78, 5) is 17.0. The van der Waals surface area contributed by atoms with Gasteiger partial charge in [-0.3, -0.25) is 9.89 Å². The maximum absolute atomic E-state index is 12.7. The van der Waals surface area contributed by atoms with Gasteiger partial charge in [0, 0.05) is 50.5 Å². The Hall–Kier alpha value is -1.56. The Bertz CT molecular complexity index is 561. The molecule has 3 aliphatic rings. The van der Waals surface area contributed by atoms with Crippen LogP contribution in [0.1, 0.15) is 44.2 Å². The summed E-state index contributed by atoms with van der Waals surface area (Å²) in [6, 6.07) is 2.19. The van der Waals surface area contributed by atoms with E-state index >= 15 is 0 Å². The highest BCUT2D eigenvalue weighted by molar-refractivity contribution is 5.79. The first-order chi connectivity index (χ1) is 11.2. The molecule has 0 radical (unpaired) electrons. The van der Waals surface area contributed by atoms with Crippen molar-refractivity contribution in [2.24, 2.45) is 5.92 Å². The van der Waals surface area contributed by atoms with Crippen molar-refractivity contribution >= 4 is 11.7 Å². The zero-order valence-corrected chi connectivity index (χ0v) is 13.8. The highest BCUT2D eigenvalue weighted by Gasteiger charge is 2.34. The maximum atomic E-state index is 12.7. The van der Waals surface area contributed by atoms with E-state index in [1.807, 2.05) is 11.8 Å². The van der Waals surface area contributed by atoms with Crippen molar-refractivity contribution in [1.82, 2.24) is 15.1 Å². The Morgan fingerprint density at radius 1 is 1.26 bits per heavy atom. The van der Waals surface area contributed by atoms with E-state index in [-0.39, 0.29) is 17.9 Å². The molecule has 126 valence electrons. The van der Waals surface area contributed by atoms with Crippen molar-refractivity contribution in [1.29, 1.82) is 0 Å². The van der Waals surface area contributed by atoms with Crippen LogP contribution in [0.25, 0.3) is 0 Å². The van der Waals surface area contributed by atoms with E-state index in [0.717, 1.165) is 51.4 Å². The van der Waals surface area contributed by atoms with Crippen molar-refractivity contribution in [2.75, 3.05) is 37.7 Å². The minimum absolute atomic E-state index is 0.0437. The Morgan fingerprint density at radius 3 is 2.74 bits per heavy atom. The fraction of sp³-hybridized carbons (Fsp3) is 0.765.